The zero-order valence-electron chi connectivity index (χ0n) is 19.0. The van der Waals surface area contributed by atoms with E-state index in [1.54, 1.807) is 0 Å². The molecule has 2 aromatic rings. The molecule has 0 saturated carbocycles. The van der Waals surface area contributed by atoms with E-state index in [-0.39, 0.29) is 17.7 Å². The Balaban J connectivity index is 1.56. The van der Waals surface area contributed by atoms with Crippen molar-refractivity contribution in [3.05, 3.63) is 60.2 Å². The van der Waals surface area contributed by atoms with E-state index in [4.69, 9.17) is 0 Å². The molecule has 2 aromatic carbocycles. The lowest BCUT2D eigenvalue weighted by Crippen LogP contribution is -2.50. The fourth-order valence-corrected chi connectivity index (χ4v) is 4.32. The molecule has 3 rings (SSSR count). The molecule has 0 unspecified atom stereocenters. The average molecular weight is 422 g/mol. The van der Waals surface area contributed by atoms with Gasteiger partial charge in [0.15, 0.2) is 0 Å². The molecule has 166 valence electrons. The van der Waals surface area contributed by atoms with E-state index in [0.717, 1.165) is 62.4 Å². The van der Waals surface area contributed by atoms with Gasteiger partial charge in [0.05, 0.1) is 5.92 Å². The Bertz CT molecular complexity index is 839. The molecular weight excluding hydrogens is 386 g/mol. The average Bonchev–Trinajstić information content (AvgIpc) is 2.81. The molecule has 0 bridgehead atoms. The summed E-state index contributed by atoms with van der Waals surface area (Å²) in [5.74, 6) is 0.320. The lowest BCUT2D eigenvalue weighted by molar-refractivity contribution is -0.136. The number of carbonyl (C=O) groups excluding carboxylic acids is 2. The molecule has 2 amide bonds. The first-order chi connectivity index (χ1) is 15.1. The van der Waals surface area contributed by atoms with Crippen LogP contribution in [0.1, 0.15) is 51.5 Å². The van der Waals surface area contributed by atoms with E-state index < -0.39 is 0 Å². The Morgan fingerprint density at radius 2 is 1.45 bits per heavy atom. The van der Waals surface area contributed by atoms with Gasteiger partial charge in [-0.25, -0.2) is 0 Å². The molecule has 5 heteroatoms. The molecule has 1 N–H and O–H groups in total. The van der Waals surface area contributed by atoms with Crippen LogP contribution >= 0.6 is 0 Å². The van der Waals surface area contributed by atoms with Gasteiger partial charge < -0.3 is 15.1 Å². The number of hydrogen-bond acceptors (Lipinski definition) is 3. The predicted octanol–water partition coefficient (Wildman–Crippen LogP) is 4.90. The van der Waals surface area contributed by atoms with Crippen LogP contribution in [0.25, 0.3) is 0 Å². The van der Waals surface area contributed by atoms with Crippen LogP contribution in [0.15, 0.2) is 54.6 Å². The fourth-order valence-electron chi connectivity index (χ4n) is 4.32. The summed E-state index contributed by atoms with van der Waals surface area (Å²) in [5.41, 5.74) is 2.98. The Hall–Kier alpha value is -2.82. The number of rotatable bonds is 8. The first-order valence-corrected chi connectivity index (χ1v) is 11.6. The van der Waals surface area contributed by atoms with Crippen LogP contribution in [0.4, 0.5) is 11.4 Å². The van der Waals surface area contributed by atoms with Crippen LogP contribution in [-0.4, -0.2) is 42.9 Å². The Morgan fingerprint density at radius 3 is 2.00 bits per heavy atom. The van der Waals surface area contributed by atoms with Gasteiger partial charge in [0, 0.05) is 43.5 Å². The predicted molar refractivity (Wildman–Crippen MR) is 127 cm³/mol. The quantitative estimate of drug-likeness (QED) is 0.659. The van der Waals surface area contributed by atoms with E-state index in [2.05, 4.69) is 36.2 Å². The van der Waals surface area contributed by atoms with Crippen molar-refractivity contribution in [2.75, 3.05) is 36.4 Å². The van der Waals surface area contributed by atoms with Gasteiger partial charge in [0.25, 0.3) is 0 Å². The second kappa shape index (κ2) is 11.0. The standard InChI is InChI=1S/C26H35N3O2/c1-4-20(5-2)26(31)29-18-16-28(17-19-29)23-14-12-22(13-15-23)27-25(30)24(6-3)21-10-8-7-9-11-21/h7-15,20,24H,4-6,16-19H2,1-3H3,(H,27,30)/t24-/m0/s1. The Labute approximate surface area is 186 Å². The summed E-state index contributed by atoms with van der Waals surface area (Å²) in [6.45, 7) is 9.42. The third-order valence-electron chi connectivity index (χ3n) is 6.35. The monoisotopic (exact) mass is 421 g/mol. The second-order valence-electron chi connectivity index (χ2n) is 8.23. The highest BCUT2D eigenvalue weighted by atomic mass is 16.2. The minimum atomic E-state index is -0.151. The SMILES string of the molecule is CCC(CC)C(=O)N1CCN(c2ccc(NC(=O)[C@@H](CC)c3ccccc3)cc2)CC1. The van der Waals surface area contributed by atoms with E-state index in [9.17, 15) is 9.59 Å². The first-order valence-electron chi connectivity index (χ1n) is 11.6. The van der Waals surface area contributed by atoms with Crippen molar-refractivity contribution < 1.29 is 9.59 Å². The molecule has 0 aromatic heterocycles. The fraction of sp³-hybridized carbons (Fsp3) is 0.462. The highest BCUT2D eigenvalue weighted by Crippen LogP contribution is 2.24. The number of piperazine rings is 1. The molecule has 1 aliphatic heterocycles. The van der Waals surface area contributed by atoms with Gasteiger partial charge in [-0.2, -0.15) is 0 Å². The van der Waals surface area contributed by atoms with Gasteiger partial charge in [-0.15, -0.1) is 0 Å². The summed E-state index contributed by atoms with van der Waals surface area (Å²) in [6.07, 6.45) is 2.58. The number of carbonyl (C=O) groups is 2. The molecule has 1 heterocycles. The van der Waals surface area contributed by atoms with E-state index >= 15 is 0 Å². The highest BCUT2D eigenvalue weighted by molar-refractivity contribution is 5.96. The number of nitrogens with one attached hydrogen (secondary N) is 1. The molecule has 5 nitrogen and oxygen atoms in total. The van der Waals surface area contributed by atoms with E-state index in [1.165, 1.54) is 0 Å². The third-order valence-corrected chi connectivity index (χ3v) is 6.35. The second-order valence-corrected chi connectivity index (χ2v) is 8.23. The first kappa shape index (κ1) is 22.9. The highest BCUT2D eigenvalue weighted by Gasteiger charge is 2.25. The summed E-state index contributed by atoms with van der Waals surface area (Å²) >= 11 is 0. The van der Waals surface area contributed by atoms with E-state index in [1.807, 2.05) is 54.3 Å². The molecule has 1 atom stereocenters. The molecular formula is C26H35N3O2. The molecule has 1 fully saturated rings. The lowest BCUT2D eigenvalue weighted by Gasteiger charge is -2.37. The summed E-state index contributed by atoms with van der Waals surface area (Å²) < 4.78 is 0. The summed E-state index contributed by atoms with van der Waals surface area (Å²) in [7, 11) is 0. The van der Waals surface area contributed by atoms with Gasteiger partial charge in [-0.1, -0.05) is 51.1 Å². The zero-order chi connectivity index (χ0) is 22.2. The molecule has 1 saturated heterocycles. The van der Waals surface area contributed by atoms with Crippen LogP contribution in [0, 0.1) is 5.92 Å². The minimum Gasteiger partial charge on any atom is -0.368 e. The number of hydrogen-bond donors (Lipinski definition) is 1. The number of amides is 2. The van der Waals surface area contributed by atoms with Crippen LogP contribution in [0.2, 0.25) is 0 Å². The normalized spacial score (nSPS) is 15.1. The smallest absolute Gasteiger partial charge is 0.231 e. The Morgan fingerprint density at radius 1 is 0.839 bits per heavy atom. The summed E-state index contributed by atoms with van der Waals surface area (Å²) in [5, 5.41) is 3.06. The van der Waals surface area contributed by atoms with Crippen LogP contribution < -0.4 is 10.2 Å². The number of nitrogens with zero attached hydrogens (tertiary/aromatic N) is 2. The maximum Gasteiger partial charge on any atom is 0.231 e. The van der Waals surface area contributed by atoms with Crippen LogP contribution in [-0.2, 0) is 9.59 Å². The summed E-state index contributed by atoms with van der Waals surface area (Å²) in [4.78, 5) is 29.7. The van der Waals surface area contributed by atoms with Crippen LogP contribution in [0.5, 0.6) is 0 Å². The van der Waals surface area contributed by atoms with E-state index in [0.29, 0.717) is 5.91 Å². The van der Waals surface area contributed by atoms with Crippen molar-refractivity contribution in [1.29, 1.82) is 0 Å². The van der Waals surface area contributed by atoms with Gasteiger partial charge in [0.1, 0.15) is 0 Å². The van der Waals surface area contributed by atoms with Gasteiger partial charge >= 0.3 is 0 Å². The van der Waals surface area contributed by atoms with Crippen molar-refractivity contribution in [1.82, 2.24) is 4.90 Å². The third kappa shape index (κ3) is 5.66. The summed E-state index contributed by atoms with van der Waals surface area (Å²) in [6, 6.07) is 18.0. The maximum atomic E-state index is 12.8. The number of anilines is 2. The van der Waals surface area contributed by atoms with Crippen LogP contribution in [0.3, 0.4) is 0 Å². The van der Waals surface area contributed by atoms with Crippen molar-refractivity contribution in [2.45, 2.75) is 46.0 Å². The largest absolute Gasteiger partial charge is 0.368 e. The minimum absolute atomic E-state index is 0.0231. The maximum absolute atomic E-state index is 12.8. The van der Waals surface area contributed by atoms with Gasteiger partial charge in [-0.3, -0.25) is 9.59 Å². The van der Waals surface area contributed by atoms with Crippen molar-refractivity contribution in [2.24, 2.45) is 5.92 Å². The molecule has 31 heavy (non-hydrogen) atoms. The number of benzene rings is 2. The molecule has 0 radical (unpaired) electrons. The molecule has 1 aliphatic rings. The van der Waals surface area contributed by atoms with Crippen molar-refractivity contribution in [3.8, 4) is 0 Å². The zero-order valence-corrected chi connectivity index (χ0v) is 19.0. The molecule has 0 spiro atoms. The Kier molecular flexibility index (Phi) is 8.10. The van der Waals surface area contributed by atoms with Gasteiger partial charge in [-0.05, 0) is 49.1 Å². The molecule has 0 aliphatic carbocycles. The van der Waals surface area contributed by atoms with Crippen molar-refractivity contribution >= 4 is 23.2 Å². The van der Waals surface area contributed by atoms with Gasteiger partial charge in [0.2, 0.25) is 11.8 Å². The lowest BCUT2D eigenvalue weighted by atomic mass is 9.95. The topological polar surface area (TPSA) is 52.7 Å². The van der Waals surface area contributed by atoms with Crippen molar-refractivity contribution in [3.63, 3.8) is 0 Å².